The van der Waals surface area contributed by atoms with E-state index in [1.165, 1.54) is 60.8 Å². The topological polar surface area (TPSA) is 185 Å². The zero-order valence-electron chi connectivity index (χ0n) is 40.4. The van der Waals surface area contributed by atoms with Crippen LogP contribution in [0.15, 0.2) is 72.9 Å². The first-order valence-corrected chi connectivity index (χ1v) is 22.3. The molecule has 0 spiro atoms. The number of esters is 6. The molecular formula is C49H78NO15+. The molecule has 0 heterocycles. The normalized spacial score (nSPS) is 13.2. The van der Waals surface area contributed by atoms with Crippen LogP contribution in [0.3, 0.4) is 0 Å². The summed E-state index contributed by atoms with van der Waals surface area (Å²) in [6, 6.07) is 0. The van der Waals surface area contributed by atoms with E-state index in [-0.39, 0.29) is 92.9 Å². The molecule has 0 aromatic heterocycles. The molecule has 3 unspecified atom stereocenters. The van der Waals surface area contributed by atoms with Crippen LogP contribution in [0.4, 0.5) is 0 Å². The third-order valence-corrected chi connectivity index (χ3v) is 9.64. The summed E-state index contributed by atoms with van der Waals surface area (Å²) < 4.78 is 51.1. The number of nitrogens with zero attached hydrogens (tertiary/aromatic N) is 1. The quantitative estimate of drug-likeness (QED) is 0.0206. The van der Waals surface area contributed by atoms with Crippen LogP contribution in [0.5, 0.6) is 0 Å². The van der Waals surface area contributed by atoms with Gasteiger partial charge in [-0.05, 0) is 54.4 Å². The third kappa shape index (κ3) is 29.3. The Balaban J connectivity index is 6.51. The van der Waals surface area contributed by atoms with Gasteiger partial charge in [-0.3, -0.25) is 0 Å². The van der Waals surface area contributed by atoms with Gasteiger partial charge in [-0.2, -0.15) is 0 Å². The molecule has 16 heteroatoms. The van der Waals surface area contributed by atoms with Crippen molar-refractivity contribution in [2.75, 3.05) is 85.6 Å². The maximum Gasteiger partial charge on any atom is 0.333 e. The lowest BCUT2D eigenvalue weighted by atomic mass is 10.1. The van der Waals surface area contributed by atoms with Crippen molar-refractivity contribution in [3.05, 3.63) is 72.9 Å². The first-order chi connectivity index (χ1) is 30.6. The Kier molecular flexibility index (Phi) is 31.9. The van der Waals surface area contributed by atoms with Crippen molar-refractivity contribution in [1.29, 1.82) is 0 Å². The second-order valence-electron chi connectivity index (χ2n) is 16.5. The smallest absolute Gasteiger partial charge is 0.333 e. The summed E-state index contributed by atoms with van der Waals surface area (Å²) >= 11 is 0. The fraction of sp³-hybridized carbons (Fsp3) is 0.633. The molecule has 0 aromatic carbocycles. The van der Waals surface area contributed by atoms with E-state index >= 15 is 0 Å². The van der Waals surface area contributed by atoms with Crippen LogP contribution >= 0.6 is 0 Å². The highest BCUT2D eigenvalue weighted by Gasteiger charge is 2.29. The van der Waals surface area contributed by atoms with Gasteiger partial charge in [0.05, 0.1) is 46.2 Å². The Morgan fingerprint density at radius 3 is 0.892 bits per heavy atom. The SMILES string of the molecule is C=C(C)C(=O)OCC(COCC[N+](CCCCCCCCCC)(CCOCC(COC(=O)C(=C)C)OC(=O)C(=C)C)CCOCC(COC(=O)C(=C)C)OC(=O)C(=C)C)OC(=O)C(=C)C. The summed E-state index contributed by atoms with van der Waals surface area (Å²) in [5.74, 6) is -3.91. The summed E-state index contributed by atoms with van der Waals surface area (Å²) in [7, 11) is 0. The van der Waals surface area contributed by atoms with Gasteiger partial charge in [0.2, 0.25) is 0 Å². The number of hydrogen-bond donors (Lipinski definition) is 0. The van der Waals surface area contributed by atoms with Crippen molar-refractivity contribution < 1.29 is 75.9 Å². The Hall–Kier alpha value is -4.90. The Morgan fingerprint density at radius 2 is 0.631 bits per heavy atom. The van der Waals surface area contributed by atoms with Gasteiger partial charge in [-0.1, -0.05) is 84.9 Å². The standard InChI is InChI=1S/C49H78NO15/c1-14-15-16-17-18-19-20-21-22-50(23-26-57-29-41(63-47(54)38(8)9)32-60-44(51)35(2)3,24-27-58-30-42(64-48(55)39(10)11)33-61-45(52)36(4)5)25-28-59-31-43(65-49(56)40(12)13)34-62-46(53)37(6)7/h41-43H,2,4,6,8,10,12,14-34H2,1,3,5,7,9,11,13H3/q+1. The van der Waals surface area contributed by atoms with Crippen LogP contribution in [-0.4, -0.2) is 144 Å². The van der Waals surface area contributed by atoms with Crippen LogP contribution in [0.1, 0.15) is 99.8 Å². The van der Waals surface area contributed by atoms with Crippen LogP contribution in [0.2, 0.25) is 0 Å². The van der Waals surface area contributed by atoms with Gasteiger partial charge in [0.15, 0.2) is 18.3 Å². The lowest BCUT2D eigenvalue weighted by Gasteiger charge is -2.39. The van der Waals surface area contributed by atoms with Crippen LogP contribution in [-0.2, 0) is 71.4 Å². The molecule has 3 atom stereocenters. The van der Waals surface area contributed by atoms with E-state index < -0.39 is 54.1 Å². The summed E-state index contributed by atoms with van der Waals surface area (Å²) in [5.41, 5.74) is 1.05. The van der Waals surface area contributed by atoms with Gasteiger partial charge in [0.25, 0.3) is 0 Å². The monoisotopic (exact) mass is 921 g/mol. The maximum atomic E-state index is 12.5. The molecule has 0 amide bonds. The highest BCUT2D eigenvalue weighted by molar-refractivity contribution is 5.89. The highest BCUT2D eigenvalue weighted by Crippen LogP contribution is 2.16. The number of unbranched alkanes of at least 4 members (excludes halogenated alkanes) is 7. The zero-order chi connectivity index (χ0) is 49.4. The molecule has 16 nitrogen and oxygen atoms in total. The average molecular weight is 921 g/mol. The largest absolute Gasteiger partial charge is 0.458 e. The molecule has 0 saturated carbocycles. The number of carbonyl (C=O) groups excluding carboxylic acids is 6. The van der Waals surface area contributed by atoms with Crippen LogP contribution in [0.25, 0.3) is 0 Å². The molecule has 0 aliphatic rings. The van der Waals surface area contributed by atoms with E-state index in [1.54, 1.807) is 0 Å². The fourth-order valence-corrected chi connectivity index (χ4v) is 5.65. The number of hydrogen-bond acceptors (Lipinski definition) is 15. The van der Waals surface area contributed by atoms with Crippen molar-refractivity contribution in [1.82, 2.24) is 0 Å². The van der Waals surface area contributed by atoms with Crippen molar-refractivity contribution in [3.63, 3.8) is 0 Å². The second-order valence-corrected chi connectivity index (χ2v) is 16.5. The van der Waals surface area contributed by atoms with Crippen molar-refractivity contribution >= 4 is 35.8 Å². The van der Waals surface area contributed by atoms with E-state index in [0.717, 1.165) is 32.1 Å². The third-order valence-electron chi connectivity index (χ3n) is 9.64. The molecule has 0 fully saturated rings. The van der Waals surface area contributed by atoms with Crippen LogP contribution < -0.4 is 0 Å². The maximum absolute atomic E-state index is 12.5. The van der Waals surface area contributed by atoms with Crippen molar-refractivity contribution in [2.24, 2.45) is 0 Å². The number of quaternary nitrogens is 1. The lowest BCUT2D eigenvalue weighted by molar-refractivity contribution is -0.929. The van der Waals surface area contributed by atoms with Crippen LogP contribution in [0, 0.1) is 0 Å². The predicted molar refractivity (Wildman–Crippen MR) is 246 cm³/mol. The summed E-state index contributed by atoms with van der Waals surface area (Å²) in [5, 5.41) is 0. The van der Waals surface area contributed by atoms with Gasteiger partial charge in [0, 0.05) is 33.4 Å². The first kappa shape index (κ1) is 60.1. The lowest BCUT2D eigenvalue weighted by Crippen LogP contribution is -2.54. The van der Waals surface area contributed by atoms with Crippen molar-refractivity contribution in [3.8, 4) is 0 Å². The Morgan fingerprint density at radius 1 is 0.369 bits per heavy atom. The summed E-state index contributed by atoms with van der Waals surface area (Å²) in [6.45, 7) is 34.4. The average Bonchev–Trinajstić information content (AvgIpc) is 3.24. The number of rotatable bonds is 39. The molecule has 0 radical (unpaired) electrons. The van der Waals surface area contributed by atoms with E-state index in [9.17, 15) is 28.8 Å². The van der Waals surface area contributed by atoms with Gasteiger partial charge in [0.1, 0.15) is 39.5 Å². The summed E-state index contributed by atoms with van der Waals surface area (Å²) in [4.78, 5) is 73.9. The van der Waals surface area contributed by atoms with E-state index in [0.29, 0.717) is 30.7 Å². The van der Waals surface area contributed by atoms with Gasteiger partial charge in [-0.15, -0.1) is 0 Å². The Bertz CT molecular complexity index is 1450. The highest BCUT2D eigenvalue weighted by atomic mass is 16.6. The molecule has 0 N–H and O–H groups in total. The molecule has 368 valence electrons. The molecular weight excluding hydrogens is 843 g/mol. The number of carbonyl (C=O) groups is 6. The zero-order valence-corrected chi connectivity index (χ0v) is 40.4. The van der Waals surface area contributed by atoms with E-state index in [2.05, 4.69) is 46.4 Å². The Labute approximate surface area is 387 Å². The molecule has 0 aliphatic carbocycles. The number of ether oxygens (including phenoxy) is 9. The first-order valence-electron chi connectivity index (χ1n) is 22.3. The molecule has 0 aliphatic heterocycles. The molecule has 65 heavy (non-hydrogen) atoms. The van der Waals surface area contributed by atoms with E-state index in [1.807, 2.05) is 0 Å². The molecule has 0 bridgehead atoms. The molecule has 0 aromatic rings. The summed E-state index contributed by atoms with van der Waals surface area (Å²) in [6.07, 6.45) is 5.95. The minimum Gasteiger partial charge on any atom is -0.458 e. The minimum absolute atomic E-state index is 0.0927. The van der Waals surface area contributed by atoms with Gasteiger partial charge >= 0.3 is 35.8 Å². The van der Waals surface area contributed by atoms with Gasteiger partial charge in [-0.25, -0.2) is 28.8 Å². The fourth-order valence-electron chi connectivity index (χ4n) is 5.65. The van der Waals surface area contributed by atoms with Gasteiger partial charge < -0.3 is 47.1 Å². The minimum atomic E-state index is -0.931. The van der Waals surface area contributed by atoms with E-state index in [4.69, 9.17) is 42.6 Å². The van der Waals surface area contributed by atoms with Crippen molar-refractivity contribution in [2.45, 2.75) is 118 Å². The predicted octanol–water partition coefficient (Wildman–Crippen LogP) is 6.82. The molecule has 0 rings (SSSR count). The molecule has 0 saturated heterocycles. The second kappa shape index (κ2) is 34.4.